The first-order valence-electron chi connectivity index (χ1n) is 11.0. The van der Waals surface area contributed by atoms with Crippen molar-refractivity contribution >= 4 is 22.9 Å². The number of hydrogen-bond acceptors (Lipinski definition) is 3. The standard InChI is InChI=1S/C27H27N5O/c1-20-25(21(2)32(29-20)23-10-5-4-6-11-23)19-30(3)27(33)15-14-22-18-31(17-9-16-28)26-13-8-7-12-24(22)26/h4-8,10-15,18H,9,17,19H2,1-3H3/b15-14+. The van der Waals surface area contributed by atoms with Crippen molar-refractivity contribution in [3.05, 3.63) is 89.4 Å². The molecule has 4 rings (SSSR count). The molecule has 2 aromatic carbocycles. The monoisotopic (exact) mass is 437 g/mol. The molecule has 4 aromatic rings. The maximum atomic E-state index is 12.9. The zero-order chi connectivity index (χ0) is 23.4. The van der Waals surface area contributed by atoms with E-state index in [4.69, 9.17) is 5.26 Å². The summed E-state index contributed by atoms with van der Waals surface area (Å²) >= 11 is 0. The molecule has 0 bridgehead atoms. The van der Waals surface area contributed by atoms with Crippen LogP contribution in [0.4, 0.5) is 0 Å². The Balaban J connectivity index is 1.52. The number of benzene rings is 2. The Morgan fingerprint density at radius 1 is 1.12 bits per heavy atom. The van der Waals surface area contributed by atoms with Gasteiger partial charge in [0.15, 0.2) is 0 Å². The molecule has 33 heavy (non-hydrogen) atoms. The van der Waals surface area contributed by atoms with Gasteiger partial charge in [-0.25, -0.2) is 4.68 Å². The molecule has 0 spiro atoms. The summed E-state index contributed by atoms with van der Waals surface area (Å²) in [6.07, 6.45) is 5.92. The molecule has 0 aliphatic rings. The first kappa shape index (κ1) is 22.1. The number of amides is 1. The molecule has 6 heteroatoms. The molecule has 0 fully saturated rings. The lowest BCUT2D eigenvalue weighted by Gasteiger charge is -2.15. The molecule has 0 N–H and O–H groups in total. The second-order valence-electron chi connectivity index (χ2n) is 8.13. The Hall–Kier alpha value is -4.11. The minimum absolute atomic E-state index is 0.0740. The number of likely N-dealkylation sites (N-methyl/N-ethyl adjacent to an activating group) is 1. The fourth-order valence-corrected chi connectivity index (χ4v) is 4.09. The number of rotatable bonds is 7. The van der Waals surface area contributed by atoms with Crippen molar-refractivity contribution in [1.29, 1.82) is 5.26 Å². The van der Waals surface area contributed by atoms with Crippen LogP contribution in [0.25, 0.3) is 22.7 Å². The van der Waals surface area contributed by atoms with Crippen molar-refractivity contribution in [1.82, 2.24) is 19.2 Å². The van der Waals surface area contributed by atoms with E-state index < -0.39 is 0 Å². The van der Waals surface area contributed by atoms with Crippen LogP contribution in [0.2, 0.25) is 0 Å². The minimum atomic E-state index is -0.0740. The maximum absolute atomic E-state index is 12.9. The van der Waals surface area contributed by atoms with Crippen LogP contribution < -0.4 is 0 Å². The number of hydrogen-bond donors (Lipinski definition) is 0. The van der Waals surface area contributed by atoms with E-state index >= 15 is 0 Å². The molecule has 0 unspecified atom stereocenters. The summed E-state index contributed by atoms with van der Waals surface area (Å²) < 4.78 is 3.99. The van der Waals surface area contributed by atoms with Gasteiger partial charge in [-0.3, -0.25) is 4.79 Å². The fourth-order valence-electron chi connectivity index (χ4n) is 4.09. The third-order valence-electron chi connectivity index (χ3n) is 5.90. The lowest BCUT2D eigenvalue weighted by atomic mass is 10.1. The number of aryl methyl sites for hydroxylation is 2. The second kappa shape index (κ2) is 9.58. The molecule has 2 heterocycles. The first-order valence-corrected chi connectivity index (χ1v) is 11.0. The van der Waals surface area contributed by atoms with E-state index in [2.05, 4.69) is 15.7 Å². The van der Waals surface area contributed by atoms with Crippen LogP contribution in [0.3, 0.4) is 0 Å². The number of fused-ring (bicyclic) bond motifs is 1. The predicted octanol–water partition coefficient (Wildman–Crippen LogP) is 5.03. The van der Waals surface area contributed by atoms with E-state index in [1.54, 1.807) is 11.0 Å². The number of aromatic nitrogens is 3. The van der Waals surface area contributed by atoms with E-state index in [-0.39, 0.29) is 5.91 Å². The van der Waals surface area contributed by atoms with E-state index in [1.807, 2.05) is 92.4 Å². The van der Waals surface area contributed by atoms with Gasteiger partial charge < -0.3 is 9.47 Å². The van der Waals surface area contributed by atoms with E-state index in [9.17, 15) is 4.79 Å². The smallest absolute Gasteiger partial charge is 0.246 e. The summed E-state index contributed by atoms with van der Waals surface area (Å²) in [6, 6.07) is 20.2. The van der Waals surface area contributed by atoms with E-state index in [1.165, 1.54) is 0 Å². The third-order valence-corrected chi connectivity index (χ3v) is 5.90. The summed E-state index contributed by atoms with van der Waals surface area (Å²) in [5, 5.41) is 14.7. The van der Waals surface area contributed by atoms with Crippen molar-refractivity contribution in [3.63, 3.8) is 0 Å². The number of carbonyl (C=O) groups excluding carboxylic acids is 1. The third kappa shape index (κ3) is 4.58. The highest BCUT2D eigenvalue weighted by Gasteiger charge is 2.16. The Kier molecular flexibility index (Phi) is 6.41. The molecule has 0 saturated heterocycles. The van der Waals surface area contributed by atoms with Gasteiger partial charge >= 0.3 is 0 Å². The van der Waals surface area contributed by atoms with Gasteiger partial charge in [-0.1, -0.05) is 36.4 Å². The van der Waals surface area contributed by atoms with Crippen molar-refractivity contribution in [2.45, 2.75) is 33.4 Å². The largest absolute Gasteiger partial charge is 0.346 e. The molecule has 0 aliphatic carbocycles. The maximum Gasteiger partial charge on any atom is 0.246 e. The van der Waals surface area contributed by atoms with Crippen molar-refractivity contribution in [3.8, 4) is 11.8 Å². The number of carbonyl (C=O) groups is 1. The lowest BCUT2D eigenvalue weighted by Crippen LogP contribution is -2.24. The van der Waals surface area contributed by atoms with Crippen molar-refractivity contribution in [2.24, 2.45) is 0 Å². The Morgan fingerprint density at radius 3 is 2.61 bits per heavy atom. The summed E-state index contributed by atoms with van der Waals surface area (Å²) in [5.41, 5.74) is 6.04. The van der Waals surface area contributed by atoms with Crippen LogP contribution in [-0.2, 0) is 17.9 Å². The average molecular weight is 438 g/mol. The van der Waals surface area contributed by atoms with Gasteiger partial charge in [0, 0.05) is 60.1 Å². The van der Waals surface area contributed by atoms with Gasteiger partial charge in [0.25, 0.3) is 0 Å². The average Bonchev–Trinajstić information content (AvgIpc) is 3.33. The Morgan fingerprint density at radius 2 is 1.85 bits per heavy atom. The van der Waals surface area contributed by atoms with Gasteiger partial charge in [-0.15, -0.1) is 0 Å². The Labute approximate surface area is 194 Å². The second-order valence-corrected chi connectivity index (χ2v) is 8.13. The highest BCUT2D eigenvalue weighted by atomic mass is 16.2. The van der Waals surface area contributed by atoms with Gasteiger partial charge in [-0.05, 0) is 38.1 Å². The van der Waals surface area contributed by atoms with Crippen LogP contribution in [-0.4, -0.2) is 32.2 Å². The molecule has 2 aromatic heterocycles. The van der Waals surface area contributed by atoms with E-state index in [0.29, 0.717) is 19.5 Å². The lowest BCUT2D eigenvalue weighted by molar-refractivity contribution is -0.125. The molecule has 0 atom stereocenters. The summed E-state index contributed by atoms with van der Waals surface area (Å²) in [4.78, 5) is 14.6. The summed E-state index contributed by atoms with van der Waals surface area (Å²) in [7, 11) is 1.81. The molecule has 6 nitrogen and oxygen atoms in total. The topological polar surface area (TPSA) is 66.8 Å². The van der Waals surface area contributed by atoms with Crippen LogP contribution >= 0.6 is 0 Å². The predicted molar refractivity (Wildman–Crippen MR) is 131 cm³/mol. The minimum Gasteiger partial charge on any atom is -0.346 e. The van der Waals surface area contributed by atoms with Crippen LogP contribution in [0, 0.1) is 25.2 Å². The molecule has 1 amide bonds. The highest BCUT2D eigenvalue weighted by molar-refractivity contribution is 5.96. The normalized spacial score (nSPS) is 11.2. The number of nitrogens with zero attached hydrogens (tertiary/aromatic N) is 5. The zero-order valence-corrected chi connectivity index (χ0v) is 19.2. The molecule has 0 saturated carbocycles. The number of nitriles is 1. The van der Waals surface area contributed by atoms with E-state index in [0.717, 1.165) is 39.1 Å². The van der Waals surface area contributed by atoms with Crippen molar-refractivity contribution in [2.75, 3.05) is 7.05 Å². The number of para-hydroxylation sites is 2. The van der Waals surface area contributed by atoms with Crippen molar-refractivity contribution < 1.29 is 4.79 Å². The van der Waals surface area contributed by atoms with Gasteiger partial charge in [0.2, 0.25) is 5.91 Å². The summed E-state index contributed by atoms with van der Waals surface area (Å²) in [5.74, 6) is -0.0740. The Bertz CT molecular complexity index is 1350. The fraction of sp³-hybridized carbons (Fsp3) is 0.222. The highest BCUT2D eigenvalue weighted by Crippen LogP contribution is 2.23. The molecule has 0 aliphatic heterocycles. The summed E-state index contributed by atoms with van der Waals surface area (Å²) in [6.45, 7) is 5.12. The van der Waals surface area contributed by atoms with Gasteiger partial charge in [0.05, 0.1) is 23.9 Å². The molecule has 0 radical (unpaired) electrons. The van der Waals surface area contributed by atoms with Gasteiger partial charge in [0.1, 0.15) is 0 Å². The van der Waals surface area contributed by atoms with Crippen LogP contribution in [0.1, 0.15) is 28.9 Å². The zero-order valence-electron chi connectivity index (χ0n) is 19.2. The SMILES string of the molecule is Cc1nn(-c2ccccc2)c(C)c1CN(C)C(=O)/C=C/c1cn(CCC#N)c2ccccc12. The molecular formula is C27H27N5O. The quantitative estimate of drug-likeness (QED) is 0.381. The molecular weight excluding hydrogens is 410 g/mol. The van der Waals surface area contributed by atoms with Crippen LogP contribution in [0.15, 0.2) is 66.9 Å². The molecule has 166 valence electrons. The first-order chi connectivity index (χ1) is 16.0. The van der Waals surface area contributed by atoms with Gasteiger partial charge in [-0.2, -0.15) is 10.4 Å². The van der Waals surface area contributed by atoms with Crippen LogP contribution in [0.5, 0.6) is 0 Å².